The molecule has 0 bridgehead atoms. The smallest absolute Gasteiger partial charge is 0.0101 e. The van der Waals surface area contributed by atoms with Gasteiger partial charge >= 0.3 is 0 Å². The van der Waals surface area contributed by atoms with Crippen LogP contribution in [0.4, 0.5) is 0 Å². The Labute approximate surface area is 148 Å². The van der Waals surface area contributed by atoms with Crippen molar-refractivity contribution < 1.29 is 0 Å². The summed E-state index contributed by atoms with van der Waals surface area (Å²) in [5.41, 5.74) is 0.619. The van der Waals surface area contributed by atoms with Gasteiger partial charge in [-0.2, -0.15) is 0 Å². The zero-order valence-corrected chi connectivity index (χ0v) is 18.0. The van der Waals surface area contributed by atoms with Crippen LogP contribution >= 0.6 is 0 Å². The average molecular weight is 323 g/mol. The minimum Gasteiger partial charge on any atom is -0.0846 e. The molecular formula is C23H46. The van der Waals surface area contributed by atoms with Gasteiger partial charge in [0.15, 0.2) is 0 Å². The maximum Gasteiger partial charge on any atom is -0.0101 e. The minimum atomic E-state index is 0.295. The van der Waals surface area contributed by atoms with Crippen molar-refractivity contribution in [2.75, 3.05) is 0 Å². The Morgan fingerprint density at radius 1 is 0.783 bits per heavy atom. The van der Waals surface area contributed by atoms with Crippen molar-refractivity contribution in [1.29, 1.82) is 0 Å². The third kappa shape index (κ3) is 8.41. The second-order valence-electron chi connectivity index (χ2n) is 9.94. The van der Waals surface area contributed by atoms with Crippen molar-refractivity contribution in [2.24, 2.45) is 34.5 Å². The molecule has 0 aromatic heterocycles. The van der Waals surface area contributed by atoms with Gasteiger partial charge in [-0.3, -0.25) is 0 Å². The highest BCUT2D eigenvalue weighted by Gasteiger charge is 2.33. The van der Waals surface area contributed by atoms with Gasteiger partial charge in [0.2, 0.25) is 0 Å². The summed E-state index contributed by atoms with van der Waals surface area (Å²) >= 11 is 0. The van der Waals surface area contributed by atoms with Gasteiger partial charge in [-0.25, -0.2) is 0 Å². The number of hydrogen-bond acceptors (Lipinski definition) is 0. The first kappa shape index (κ1) is 22.7. The first-order valence-corrected chi connectivity index (χ1v) is 10.1. The Hall–Kier alpha value is -0.260. The first-order chi connectivity index (χ1) is 10.4. The molecule has 0 aliphatic heterocycles. The predicted molar refractivity (Wildman–Crippen MR) is 108 cm³/mol. The monoisotopic (exact) mass is 322 g/mol. The third-order valence-electron chi connectivity index (χ3n) is 6.24. The molecule has 23 heavy (non-hydrogen) atoms. The molecular weight excluding hydrogens is 276 g/mol. The van der Waals surface area contributed by atoms with E-state index in [2.05, 4.69) is 81.4 Å². The molecule has 0 nitrogen and oxygen atoms in total. The van der Waals surface area contributed by atoms with E-state index in [4.69, 9.17) is 0 Å². The summed E-state index contributed by atoms with van der Waals surface area (Å²) in [6, 6.07) is 0. The van der Waals surface area contributed by atoms with E-state index in [0.717, 1.165) is 23.7 Å². The molecule has 0 fully saturated rings. The van der Waals surface area contributed by atoms with Gasteiger partial charge < -0.3 is 0 Å². The lowest BCUT2D eigenvalue weighted by atomic mass is 9.65. The summed E-state index contributed by atoms with van der Waals surface area (Å²) < 4.78 is 0. The van der Waals surface area contributed by atoms with Crippen LogP contribution in [0.5, 0.6) is 0 Å². The molecule has 0 aliphatic carbocycles. The summed E-state index contributed by atoms with van der Waals surface area (Å²) in [5.74, 6) is 3.18. The van der Waals surface area contributed by atoms with Gasteiger partial charge in [0.1, 0.15) is 0 Å². The highest BCUT2D eigenvalue weighted by Crippen LogP contribution is 2.43. The SMILES string of the molecule is CCC(C)(C=CC(CCC(C)CCC(C)C)C(C)C)C(C)(C)C. The van der Waals surface area contributed by atoms with E-state index in [1.54, 1.807) is 0 Å². The fourth-order valence-electron chi connectivity index (χ4n) is 3.13. The second kappa shape index (κ2) is 9.90. The van der Waals surface area contributed by atoms with Gasteiger partial charge in [0, 0.05) is 0 Å². The topological polar surface area (TPSA) is 0 Å². The molecule has 0 heterocycles. The zero-order chi connectivity index (χ0) is 18.3. The van der Waals surface area contributed by atoms with Crippen molar-refractivity contribution in [3.63, 3.8) is 0 Å². The van der Waals surface area contributed by atoms with E-state index < -0.39 is 0 Å². The Balaban J connectivity index is 4.72. The molecule has 0 aromatic carbocycles. The molecule has 0 heteroatoms. The van der Waals surface area contributed by atoms with Gasteiger partial charge in [-0.15, -0.1) is 0 Å². The fraction of sp³-hybridized carbons (Fsp3) is 0.913. The van der Waals surface area contributed by atoms with Gasteiger partial charge in [0.05, 0.1) is 0 Å². The number of rotatable bonds is 10. The lowest BCUT2D eigenvalue weighted by Gasteiger charge is -2.39. The second-order valence-corrected chi connectivity index (χ2v) is 9.94. The number of allylic oxidation sites excluding steroid dienone is 2. The molecule has 3 unspecified atom stereocenters. The molecule has 3 atom stereocenters. The van der Waals surface area contributed by atoms with Crippen LogP contribution in [0, 0.1) is 34.5 Å². The molecule has 0 aromatic rings. The van der Waals surface area contributed by atoms with Gasteiger partial charge in [-0.05, 0) is 47.3 Å². The van der Waals surface area contributed by atoms with Crippen LogP contribution < -0.4 is 0 Å². The molecule has 0 saturated carbocycles. The van der Waals surface area contributed by atoms with Crippen molar-refractivity contribution >= 4 is 0 Å². The van der Waals surface area contributed by atoms with Crippen molar-refractivity contribution in [3.8, 4) is 0 Å². The predicted octanol–water partition coefficient (Wildman–Crippen LogP) is 8.13. The molecule has 0 radical (unpaired) electrons. The molecule has 0 amide bonds. The lowest BCUT2D eigenvalue weighted by Crippen LogP contribution is -2.30. The summed E-state index contributed by atoms with van der Waals surface area (Å²) in [5, 5.41) is 0. The number of hydrogen-bond donors (Lipinski definition) is 0. The van der Waals surface area contributed by atoms with Crippen LogP contribution in [0.3, 0.4) is 0 Å². The van der Waals surface area contributed by atoms with Gasteiger partial charge in [-0.1, -0.05) is 101 Å². The van der Waals surface area contributed by atoms with E-state index >= 15 is 0 Å². The minimum absolute atomic E-state index is 0.295. The Morgan fingerprint density at radius 3 is 1.70 bits per heavy atom. The zero-order valence-electron chi connectivity index (χ0n) is 18.0. The molecule has 0 spiro atoms. The molecule has 0 saturated heterocycles. The average Bonchev–Trinajstić information content (AvgIpc) is 2.42. The van der Waals surface area contributed by atoms with Gasteiger partial charge in [0.25, 0.3) is 0 Å². The highest BCUT2D eigenvalue weighted by molar-refractivity contribution is 5.05. The van der Waals surface area contributed by atoms with E-state index in [-0.39, 0.29) is 0 Å². The largest absolute Gasteiger partial charge is 0.0846 e. The normalized spacial score (nSPS) is 18.6. The van der Waals surface area contributed by atoms with Crippen LogP contribution in [-0.2, 0) is 0 Å². The van der Waals surface area contributed by atoms with Crippen LogP contribution in [0.15, 0.2) is 12.2 Å². The van der Waals surface area contributed by atoms with Crippen molar-refractivity contribution in [3.05, 3.63) is 12.2 Å². The first-order valence-electron chi connectivity index (χ1n) is 10.1. The summed E-state index contributed by atoms with van der Waals surface area (Å²) in [4.78, 5) is 0. The fourth-order valence-corrected chi connectivity index (χ4v) is 3.13. The van der Waals surface area contributed by atoms with E-state index in [1.165, 1.54) is 32.1 Å². The van der Waals surface area contributed by atoms with Crippen LogP contribution in [-0.4, -0.2) is 0 Å². The molecule has 138 valence electrons. The standard InChI is InChI=1S/C23H46/c1-11-23(10,22(7,8)9)17-16-21(19(4)5)15-14-20(6)13-12-18(2)3/h16-21H,11-15H2,1-10H3. The Kier molecular flexibility index (Phi) is 9.78. The maximum atomic E-state index is 2.55. The van der Waals surface area contributed by atoms with E-state index in [1.807, 2.05) is 0 Å². The lowest BCUT2D eigenvalue weighted by molar-refractivity contribution is 0.161. The van der Waals surface area contributed by atoms with E-state index in [0.29, 0.717) is 10.8 Å². The molecule has 0 N–H and O–H groups in total. The van der Waals surface area contributed by atoms with Crippen molar-refractivity contribution in [1.82, 2.24) is 0 Å². The molecule has 0 aliphatic rings. The van der Waals surface area contributed by atoms with Crippen molar-refractivity contribution in [2.45, 2.75) is 101 Å². The van der Waals surface area contributed by atoms with Crippen LogP contribution in [0.2, 0.25) is 0 Å². The molecule has 0 rings (SSSR count). The third-order valence-corrected chi connectivity index (χ3v) is 6.24. The Morgan fingerprint density at radius 2 is 1.30 bits per heavy atom. The van der Waals surface area contributed by atoms with Crippen LogP contribution in [0.25, 0.3) is 0 Å². The summed E-state index contributed by atoms with van der Waals surface area (Å²) in [7, 11) is 0. The Bertz CT molecular complexity index is 328. The maximum absolute atomic E-state index is 2.55. The van der Waals surface area contributed by atoms with Crippen LogP contribution in [0.1, 0.15) is 101 Å². The summed E-state index contributed by atoms with van der Waals surface area (Å²) in [6.07, 6.45) is 11.8. The summed E-state index contributed by atoms with van der Waals surface area (Å²) in [6.45, 7) is 23.8. The van der Waals surface area contributed by atoms with E-state index in [9.17, 15) is 0 Å². The highest BCUT2D eigenvalue weighted by atomic mass is 14.4. The quantitative estimate of drug-likeness (QED) is 0.356.